The second-order valence-electron chi connectivity index (χ2n) is 3.28. The van der Waals surface area contributed by atoms with Gasteiger partial charge in [0, 0.05) is 5.56 Å². The summed E-state index contributed by atoms with van der Waals surface area (Å²) >= 11 is 0. The highest BCUT2D eigenvalue weighted by molar-refractivity contribution is 5.85. The Balaban J connectivity index is 2.54. The lowest BCUT2D eigenvalue weighted by Crippen LogP contribution is -1.87. The summed E-state index contributed by atoms with van der Waals surface area (Å²) in [6.45, 7) is 1.69. The zero-order chi connectivity index (χ0) is 10.8. The molecule has 4 heteroatoms. The molecule has 0 spiro atoms. The van der Waals surface area contributed by atoms with Gasteiger partial charge >= 0.3 is 0 Å². The highest BCUT2D eigenvalue weighted by Gasteiger charge is 2.08. The molecule has 1 aromatic heterocycles. The zero-order valence-electron chi connectivity index (χ0n) is 8.12. The van der Waals surface area contributed by atoms with E-state index < -0.39 is 0 Å². The van der Waals surface area contributed by atoms with Crippen molar-refractivity contribution in [1.82, 2.24) is 10.2 Å². The van der Waals surface area contributed by atoms with Gasteiger partial charge in [0.15, 0.2) is 6.29 Å². The standard InChI is InChI=1S/C11H9FN2O/c1-7-2-3-8(4-10(7)12)11-9(6-15)5-13-14-11/h2-6H,1H3,(H,13,14). The third-order valence-corrected chi connectivity index (χ3v) is 2.26. The molecule has 0 fully saturated rings. The number of hydrogen-bond donors (Lipinski definition) is 1. The molecule has 15 heavy (non-hydrogen) atoms. The Bertz CT molecular complexity index is 505. The second kappa shape index (κ2) is 3.65. The fourth-order valence-corrected chi connectivity index (χ4v) is 1.36. The van der Waals surface area contributed by atoms with Crippen LogP contribution in [0.1, 0.15) is 15.9 Å². The molecule has 1 heterocycles. The number of rotatable bonds is 2. The fraction of sp³-hybridized carbons (Fsp3) is 0.0909. The number of nitrogens with one attached hydrogen (secondary N) is 1. The quantitative estimate of drug-likeness (QED) is 0.763. The van der Waals surface area contributed by atoms with E-state index in [0.29, 0.717) is 28.7 Å². The van der Waals surface area contributed by atoms with Gasteiger partial charge in [-0.2, -0.15) is 5.10 Å². The Labute approximate surface area is 85.9 Å². The summed E-state index contributed by atoms with van der Waals surface area (Å²) in [6.07, 6.45) is 2.11. The van der Waals surface area contributed by atoms with E-state index in [-0.39, 0.29) is 5.82 Å². The molecule has 0 saturated heterocycles. The Kier molecular flexibility index (Phi) is 2.33. The van der Waals surface area contributed by atoms with E-state index in [1.54, 1.807) is 19.1 Å². The Morgan fingerprint density at radius 2 is 2.27 bits per heavy atom. The van der Waals surface area contributed by atoms with Crippen LogP contribution in [0, 0.1) is 12.7 Å². The molecule has 0 aliphatic rings. The molecule has 1 aromatic carbocycles. The van der Waals surface area contributed by atoms with E-state index in [9.17, 15) is 9.18 Å². The molecule has 0 unspecified atom stereocenters. The third-order valence-electron chi connectivity index (χ3n) is 2.26. The van der Waals surface area contributed by atoms with Crippen LogP contribution < -0.4 is 0 Å². The first-order valence-corrected chi connectivity index (χ1v) is 4.47. The monoisotopic (exact) mass is 204 g/mol. The molecule has 0 amide bonds. The molecule has 0 saturated carbocycles. The Morgan fingerprint density at radius 3 is 2.93 bits per heavy atom. The average molecular weight is 204 g/mol. The van der Waals surface area contributed by atoms with Gasteiger partial charge in [0.05, 0.1) is 17.5 Å². The maximum atomic E-state index is 13.3. The predicted molar refractivity (Wildman–Crippen MR) is 54.1 cm³/mol. The highest BCUT2D eigenvalue weighted by atomic mass is 19.1. The maximum absolute atomic E-state index is 13.3. The summed E-state index contributed by atoms with van der Waals surface area (Å²) in [4.78, 5) is 10.7. The highest BCUT2D eigenvalue weighted by Crippen LogP contribution is 2.21. The normalized spacial score (nSPS) is 10.3. The van der Waals surface area contributed by atoms with Crippen molar-refractivity contribution in [2.45, 2.75) is 6.92 Å². The molecule has 2 aromatic rings. The molecular formula is C11H9FN2O. The number of aromatic amines is 1. The van der Waals surface area contributed by atoms with Gasteiger partial charge in [0.25, 0.3) is 0 Å². The molecule has 2 rings (SSSR count). The summed E-state index contributed by atoms with van der Waals surface area (Å²) < 4.78 is 13.3. The Morgan fingerprint density at radius 1 is 1.47 bits per heavy atom. The van der Waals surface area contributed by atoms with Crippen molar-refractivity contribution in [1.29, 1.82) is 0 Å². The summed E-state index contributed by atoms with van der Waals surface area (Å²) in [5.74, 6) is -0.293. The van der Waals surface area contributed by atoms with Gasteiger partial charge in [-0.15, -0.1) is 0 Å². The number of nitrogens with zero attached hydrogens (tertiary/aromatic N) is 1. The van der Waals surface area contributed by atoms with Crippen LogP contribution in [0.4, 0.5) is 4.39 Å². The third kappa shape index (κ3) is 1.66. The summed E-state index contributed by atoms with van der Waals surface area (Å²) in [7, 11) is 0. The number of halogens is 1. The van der Waals surface area contributed by atoms with Crippen molar-refractivity contribution < 1.29 is 9.18 Å². The van der Waals surface area contributed by atoms with Gasteiger partial charge in [-0.05, 0) is 18.6 Å². The smallest absolute Gasteiger partial charge is 0.153 e. The first-order valence-electron chi connectivity index (χ1n) is 4.47. The molecular weight excluding hydrogens is 195 g/mol. The molecule has 0 radical (unpaired) electrons. The number of H-pyrrole nitrogens is 1. The first-order chi connectivity index (χ1) is 7.22. The van der Waals surface area contributed by atoms with Crippen molar-refractivity contribution in [3.63, 3.8) is 0 Å². The van der Waals surface area contributed by atoms with Crippen LogP contribution in [0.15, 0.2) is 24.4 Å². The van der Waals surface area contributed by atoms with E-state index >= 15 is 0 Å². The summed E-state index contributed by atoms with van der Waals surface area (Å²) in [6, 6.07) is 4.80. The minimum Gasteiger partial charge on any atom is -0.298 e. The molecule has 1 N–H and O–H groups in total. The summed E-state index contributed by atoms with van der Waals surface area (Å²) in [5, 5.41) is 6.41. The SMILES string of the molecule is Cc1ccc(-c2[nH]ncc2C=O)cc1F. The van der Waals surface area contributed by atoms with Crippen molar-refractivity contribution in [2.24, 2.45) is 0 Å². The van der Waals surface area contributed by atoms with Crippen LogP contribution in [-0.2, 0) is 0 Å². The van der Waals surface area contributed by atoms with Gasteiger partial charge in [-0.1, -0.05) is 12.1 Å². The topological polar surface area (TPSA) is 45.8 Å². The molecule has 0 aliphatic carbocycles. The van der Waals surface area contributed by atoms with Gasteiger partial charge in [0.1, 0.15) is 5.82 Å². The number of benzene rings is 1. The summed E-state index contributed by atoms with van der Waals surface area (Å²) in [5.41, 5.74) is 2.17. The molecule has 0 bridgehead atoms. The average Bonchev–Trinajstić information content (AvgIpc) is 2.70. The van der Waals surface area contributed by atoms with Crippen LogP contribution in [-0.4, -0.2) is 16.5 Å². The van der Waals surface area contributed by atoms with E-state index in [4.69, 9.17) is 0 Å². The van der Waals surface area contributed by atoms with Crippen LogP contribution >= 0.6 is 0 Å². The number of aldehydes is 1. The number of aryl methyl sites for hydroxylation is 1. The van der Waals surface area contributed by atoms with Crippen molar-refractivity contribution >= 4 is 6.29 Å². The van der Waals surface area contributed by atoms with E-state index in [0.717, 1.165) is 0 Å². The Hall–Kier alpha value is -1.97. The van der Waals surface area contributed by atoms with Crippen LogP contribution in [0.2, 0.25) is 0 Å². The fourth-order valence-electron chi connectivity index (χ4n) is 1.36. The van der Waals surface area contributed by atoms with Crippen molar-refractivity contribution in [3.8, 4) is 11.3 Å². The zero-order valence-corrected chi connectivity index (χ0v) is 8.12. The van der Waals surface area contributed by atoms with Gasteiger partial charge in [0.2, 0.25) is 0 Å². The lowest BCUT2D eigenvalue weighted by Gasteiger charge is -2.01. The van der Waals surface area contributed by atoms with E-state index in [1.165, 1.54) is 12.3 Å². The first kappa shape index (κ1) is 9.58. The minimum atomic E-state index is -0.293. The number of carbonyl (C=O) groups is 1. The van der Waals surface area contributed by atoms with Crippen LogP contribution in [0.5, 0.6) is 0 Å². The van der Waals surface area contributed by atoms with Crippen molar-refractivity contribution in [3.05, 3.63) is 41.3 Å². The van der Waals surface area contributed by atoms with Crippen molar-refractivity contribution in [2.75, 3.05) is 0 Å². The second-order valence-corrected chi connectivity index (χ2v) is 3.28. The largest absolute Gasteiger partial charge is 0.298 e. The van der Waals surface area contributed by atoms with Gasteiger partial charge in [-0.25, -0.2) is 4.39 Å². The molecule has 76 valence electrons. The van der Waals surface area contributed by atoms with E-state index in [1.807, 2.05) is 0 Å². The van der Waals surface area contributed by atoms with Crippen LogP contribution in [0.3, 0.4) is 0 Å². The predicted octanol–water partition coefficient (Wildman–Crippen LogP) is 2.34. The lowest BCUT2D eigenvalue weighted by molar-refractivity contribution is 0.112. The lowest BCUT2D eigenvalue weighted by atomic mass is 10.1. The minimum absolute atomic E-state index is 0.293. The van der Waals surface area contributed by atoms with Gasteiger partial charge in [-0.3, -0.25) is 9.89 Å². The molecule has 0 aliphatic heterocycles. The van der Waals surface area contributed by atoms with E-state index in [2.05, 4.69) is 10.2 Å². The maximum Gasteiger partial charge on any atom is 0.153 e. The van der Waals surface area contributed by atoms with Gasteiger partial charge < -0.3 is 0 Å². The number of aromatic nitrogens is 2. The number of hydrogen-bond acceptors (Lipinski definition) is 2. The van der Waals surface area contributed by atoms with Crippen LogP contribution in [0.25, 0.3) is 11.3 Å². The molecule has 3 nitrogen and oxygen atoms in total. The molecule has 0 atom stereocenters. The number of carbonyl (C=O) groups excluding carboxylic acids is 1.